The zero-order valence-corrected chi connectivity index (χ0v) is 22.4. The highest BCUT2D eigenvalue weighted by atomic mass is 35.5. The lowest BCUT2D eigenvalue weighted by Gasteiger charge is -2.32. The Kier molecular flexibility index (Phi) is 8.09. The van der Waals surface area contributed by atoms with Gasteiger partial charge in [0.1, 0.15) is 17.5 Å². The smallest absolute Gasteiger partial charge is 0.408 e. The maximum Gasteiger partial charge on any atom is 0.408 e. The van der Waals surface area contributed by atoms with Crippen molar-refractivity contribution in [2.24, 2.45) is 0 Å². The molecule has 6 rings (SSSR count). The minimum Gasteiger partial charge on any atom is -0.494 e. The molecule has 0 bridgehead atoms. The molecule has 204 valence electrons. The normalized spacial score (nSPS) is 20.5. The fourth-order valence-corrected chi connectivity index (χ4v) is 5.67. The van der Waals surface area contributed by atoms with E-state index < -0.39 is 12.2 Å². The third-order valence-corrected chi connectivity index (χ3v) is 7.34. The maximum absolute atomic E-state index is 14.4. The standard InChI is InChI=1S/C26H27F3N6O.2ClH/c1-2-36-19-7-4-17-5-8-20(31-21(17)14-19)24-33-32-22-9-6-18(15-35(22)24)23(26(27,28)29)34-13-11-25(16-34)10-3-12-30-25;;/h4-9,14-15,23,30H,2-3,10-13,16H2,1H3;2*1H/t23-,25?;;/m0../s1. The highest BCUT2D eigenvalue weighted by Gasteiger charge is 2.50. The molecule has 0 amide bonds. The average Bonchev–Trinajstić information content (AvgIpc) is 3.59. The molecule has 1 unspecified atom stereocenters. The molecule has 0 saturated carbocycles. The lowest BCUT2D eigenvalue weighted by molar-refractivity contribution is -0.184. The monoisotopic (exact) mass is 568 g/mol. The Morgan fingerprint density at radius 2 is 1.89 bits per heavy atom. The van der Waals surface area contributed by atoms with Crippen LogP contribution in [-0.2, 0) is 0 Å². The van der Waals surface area contributed by atoms with Gasteiger partial charge in [-0.05, 0) is 62.6 Å². The van der Waals surface area contributed by atoms with E-state index in [2.05, 4.69) is 15.5 Å². The van der Waals surface area contributed by atoms with Crippen molar-refractivity contribution in [2.45, 2.75) is 43.9 Å². The summed E-state index contributed by atoms with van der Waals surface area (Å²) in [4.78, 5) is 6.28. The number of aromatic nitrogens is 4. The van der Waals surface area contributed by atoms with Crippen LogP contribution in [0.4, 0.5) is 13.2 Å². The molecule has 2 aliphatic rings. The molecule has 3 aromatic heterocycles. The van der Waals surface area contributed by atoms with Crippen molar-refractivity contribution in [1.82, 2.24) is 29.8 Å². The molecule has 1 spiro atoms. The summed E-state index contributed by atoms with van der Waals surface area (Å²) >= 11 is 0. The molecule has 0 radical (unpaired) electrons. The maximum atomic E-state index is 14.4. The number of alkyl halides is 3. The number of pyridine rings is 2. The highest BCUT2D eigenvalue weighted by Crippen LogP contribution is 2.43. The SMILES string of the molecule is CCOc1ccc2ccc(-c3nnc4ccc([C@H](N5CCC6(CCCN6)C5)C(F)(F)F)cn34)nc2c1.Cl.Cl. The Bertz CT molecular complexity index is 1420. The number of ether oxygens (including phenoxy) is 1. The summed E-state index contributed by atoms with van der Waals surface area (Å²) in [6.07, 6.45) is -0.252. The van der Waals surface area contributed by atoms with Crippen molar-refractivity contribution in [3.8, 4) is 17.3 Å². The van der Waals surface area contributed by atoms with Crippen LogP contribution >= 0.6 is 24.8 Å². The Morgan fingerprint density at radius 3 is 2.63 bits per heavy atom. The number of rotatable bonds is 5. The average molecular weight is 569 g/mol. The van der Waals surface area contributed by atoms with Gasteiger partial charge in [-0.1, -0.05) is 12.1 Å². The molecule has 2 atom stereocenters. The van der Waals surface area contributed by atoms with Crippen LogP contribution in [0, 0.1) is 0 Å². The first-order valence-electron chi connectivity index (χ1n) is 12.3. The van der Waals surface area contributed by atoms with Crippen LogP contribution in [0.5, 0.6) is 5.75 Å². The molecule has 0 aliphatic carbocycles. The van der Waals surface area contributed by atoms with Crippen LogP contribution in [0.15, 0.2) is 48.7 Å². The van der Waals surface area contributed by atoms with Crippen LogP contribution < -0.4 is 10.1 Å². The fourth-order valence-electron chi connectivity index (χ4n) is 5.67. The van der Waals surface area contributed by atoms with Gasteiger partial charge >= 0.3 is 6.18 Å². The van der Waals surface area contributed by atoms with Crippen LogP contribution in [0.1, 0.15) is 37.8 Å². The Morgan fingerprint density at radius 1 is 1.08 bits per heavy atom. The molecule has 4 aromatic rings. The van der Waals surface area contributed by atoms with E-state index in [0.717, 1.165) is 31.2 Å². The number of hydrogen-bond donors (Lipinski definition) is 1. The molecule has 5 heterocycles. The molecular formula is C26H29Cl2F3N6O. The number of nitrogens with zero attached hydrogens (tertiary/aromatic N) is 5. The largest absolute Gasteiger partial charge is 0.494 e. The minimum absolute atomic E-state index is 0. The molecule has 7 nitrogen and oxygen atoms in total. The topological polar surface area (TPSA) is 67.6 Å². The van der Waals surface area contributed by atoms with Gasteiger partial charge in [0.05, 0.1) is 12.1 Å². The number of fused-ring (bicyclic) bond motifs is 2. The van der Waals surface area contributed by atoms with Gasteiger partial charge in [-0.15, -0.1) is 35.0 Å². The molecule has 2 saturated heterocycles. The Balaban J connectivity index is 0.00000168. The van der Waals surface area contributed by atoms with E-state index in [0.29, 0.717) is 48.1 Å². The van der Waals surface area contributed by atoms with E-state index >= 15 is 0 Å². The number of benzene rings is 1. The lowest BCUT2D eigenvalue weighted by Crippen LogP contribution is -2.45. The predicted octanol–water partition coefficient (Wildman–Crippen LogP) is 5.62. The van der Waals surface area contributed by atoms with E-state index in [1.807, 2.05) is 37.3 Å². The minimum atomic E-state index is -4.41. The molecule has 2 fully saturated rings. The number of likely N-dealkylation sites (tertiary alicyclic amines) is 1. The second kappa shape index (κ2) is 10.8. The zero-order chi connectivity index (χ0) is 24.9. The molecule has 1 N–H and O–H groups in total. The van der Waals surface area contributed by atoms with Crippen molar-refractivity contribution in [2.75, 3.05) is 26.2 Å². The van der Waals surface area contributed by atoms with Crippen LogP contribution in [0.3, 0.4) is 0 Å². The lowest BCUT2D eigenvalue weighted by atomic mass is 9.97. The van der Waals surface area contributed by atoms with Gasteiger partial charge in [0.25, 0.3) is 0 Å². The summed E-state index contributed by atoms with van der Waals surface area (Å²) in [7, 11) is 0. The third kappa shape index (κ3) is 5.14. The van der Waals surface area contributed by atoms with Gasteiger partial charge in [0.2, 0.25) is 0 Å². The first-order chi connectivity index (χ1) is 17.4. The molecule has 1 aromatic carbocycles. The second-order valence-electron chi connectivity index (χ2n) is 9.67. The van der Waals surface area contributed by atoms with Crippen LogP contribution in [0.2, 0.25) is 0 Å². The van der Waals surface area contributed by atoms with Gasteiger partial charge < -0.3 is 10.1 Å². The summed E-state index contributed by atoms with van der Waals surface area (Å²) in [5.74, 6) is 1.10. The van der Waals surface area contributed by atoms with Crippen molar-refractivity contribution < 1.29 is 17.9 Å². The second-order valence-corrected chi connectivity index (χ2v) is 9.67. The first kappa shape index (κ1) is 28.4. The van der Waals surface area contributed by atoms with Gasteiger partial charge in [-0.25, -0.2) is 4.98 Å². The summed E-state index contributed by atoms with van der Waals surface area (Å²) in [5, 5.41) is 12.8. The van der Waals surface area contributed by atoms with Crippen LogP contribution in [0.25, 0.3) is 28.1 Å². The van der Waals surface area contributed by atoms with Crippen LogP contribution in [-0.4, -0.2) is 62.4 Å². The fraction of sp³-hybridized carbons (Fsp3) is 0.423. The van der Waals surface area contributed by atoms with Crippen molar-refractivity contribution >= 4 is 41.4 Å². The number of nitrogens with one attached hydrogen (secondary N) is 1. The van der Waals surface area contributed by atoms with E-state index in [4.69, 9.17) is 9.72 Å². The van der Waals surface area contributed by atoms with Gasteiger partial charge in [-0.3, -0.25) is 9.30 Å². The van der Waals surface area contributed by atoms with E-state index in [-0.39, 0.29) is 35.9 Å². The van der Waals surface area contributed by atoms with E-state index in [9.17, 15) is 13.2 Å². The van der Waals surface area contributed by atoms with Gasteiger partial charge in [-0.2, -0.15) is 13.2 Å². The quantitative estimate of drug-likeness (QED) is 0.337. The number of hydrogen-bond acceptors (Lipinski definition) is 6. The van der Waals surface area contributed by atoms with E-state index in [1.54, 1.807) is 15.4 Å². The van der Waals surface area contributed by atoms with Crippen molar-refractivity contribution in [1.29, 1.82) is 0 Å². The van der Waals surface area contributed by atoms with Crippen molar-refractivity contribution in [3.63, 3.8) is 0 Å². The third-order valence-electron chi connectivity index (χ3n) is 7.34. The summed E-state index contributed by atoms with van der Waals surface area (Å²) < 4.78 is 50.5. The van der Waals surface area contributed by atoms with Gasteiger partial charge in [0, 0.05) is 36.3 Å². The zero-order valence-electron chi connectivity index (χ0n) is 20.7. The highest BCUT2D eigenvalue weighted by molar-refractivity contribution is 5.85. The summed E-state index contributed by atoms with van der Waals surface area (Å²) in [6, 6.07) is 10.8. The van der Waals surface area contributed by atoms with Crippen molar-refractivity contribution in [3.05, 3.63) is 54.2 Å². The summed E-state index contributed by atoms with van der Waals surface area (Å²) in [6.45, 7) is 4.11. The Labute approximate surface area is 230 Å². The molecule has 38 heavy (non-hydrogen) atoms. The molecule has 12 heteroatoms. The van der Waals surface area contributed by atoms with E-state index in [1.165, 1.54) is 12.3 Å². The number of halogens is 5. The first-order valence-corrected chi connectivity index (χ1v) is 12.3. The predicted molar refractivity (Wildman–Crippen MR) is 144 cm³/mol. The summed E-state index contributed by atoms with van der Waals surface area (Å²) in [5.41, 5.74) is 1.68. The molecular weight excluding hydrogens is 540 g/mol. The Hall–Kier alpha value is -2.66. The van der Waals surface area contributed by atoms with Gasteiger partial charge in [0.15, 0.2) is 11.5 Å². The molecule has 2 aliphatic heterocycles.